The highest BCUT2D eigenvalue weighted by atomic mass is 16.6. The third kappa shape index (κ3) is 3.47. The molecule has 2 rings (SSSR count). The quantitative estimate of drug-likeness (QED) is 0.846. The molecule has 19 heavy (non-hydrogen) atoms. The minimum Gasteiger partial charge on any atom is -0.444 e. The summed E-state index contributed by atoms with van der Waals surface area (Å²) in [5.41, 5.74) is 1.72. The second-order valence-electron chi connectivity index (χ2n) is 5.84. The lowest BCUT2D eigenvalue weighted by Crippen LogP contribution is -2.41. The number of carbonyl (C=O) groups excluding carboxylic acids is 1. The van der Waals surface area contributed by atoms with Gasteiger partial charge in [0.25, 0.3) is 0 Å². The second kappa shape index (κ2) is 5.21. The maximum atomic E-state index is 11.9. The monoisotopic (exact) mass is 263 g/mol. The Morgan fingerprint density at radius 1 is 1.37 bits per heavy atom. The molecule has 0 radical (unpaired) electrons. The van der Waals surface area contributed by atoms with E-state index in [-0.39, 0.29) is 12.1 Å². The van der Waals surface area contributed by atoms with Crippen LogP contribution in [-0.4, -0.2) is 17.8 Å². The van der Waals surface area contributed by atoms with Crippen LogP contribution >= 0.6 is 0 Å². The molecule has 0 saturated heterocycles. The van der Waals surface area contributed by atoms with Crippen molar-refractivity contribution in [2.45, 2.75) is 52.0 Å². The number of carbonyl (C=O) groups is 1. The molecular formula is C15H21NO3. The van der Waals surface area contributed by atoms with Gasteiger partial charge in [-0.3, -0.25) is 0 Å². The molecule has 1 amide bonds. The van der Waals surface area contributed by atoms with Gasteiger partial charge in [-0.2, -0.15) is 0 Å². The van der Waals surface area contributed by atoms with E-state index in [0.717, 1.165) is 11.1 Å². The Labute approximate surface area is 114 Å². The molecule has 0 spiro atoms. The van der Waals surface area contributed by atoms with Crippen molar-refractivity contribution < 1.29 is 14.3 Å². The highest BCUT2D eigenvalue weighted by Crippen LogP contribution is 2.29. The Bertz CT molecular complexity index is 465. The molecule has 1 aromatic carbocycles. The molecule has 4 nitrogen and oxygen atoms in total. The number of rotatable bonds is 1. The number of nitrogens with one attached hydrogen (secondary N) is 1. The summed E-state index contributed by atoms with van der Waals surface area (Å²) in [6, 6.07) is 7.82. The molecule has 0 unspecified atom stereocenters. The van der Waals surface area contributed by atoms with E-state index < -0.39 is 11.7 Å². The maximum Gasteiger partial charge on any atom is 0.408 e. The van der Waals surface area contributed by atoms with E-state index >= 15 is 0 Å². The largest absolute Gasteiger partial charge is 0.444 e. The standard InChI is InChI=1S/C15H21NO3/c1-10-13(16-14(17)19-15(2,3)4)12-8-6-5-7-11(12)9-18-10/h5-8,10,13H,9H2,1-4H3,(H,16,17)/t10-,13+/m0/s1. The number of fused-ring (bicyclic) bond motifs is 1. The molecule has 1 aromatic rings. The predicted octanol–water partition coefficient (Wildman–Crippen LogP) is 3.17. The van der Waals surface area contributed by atoms with Crippen LogP contribution in [0.5, 0.6) is 0 Å². The SMILES string of the molecule is C[C@@H]1OCc2ccccc2[C@@H]1NC(=O)OC(C)(C)C. The molecule has 0 bridgehead atoms. The van der Waals surface area contributed by atoms with Gasteiger partial charge in [0.1, 0.15) is 5.60 Å². The first-order valence-electron chi connectivity index (χ1n) is 6.56. The molecular weight excluding hydrogens is 242 g/mol. The minimum absolute atomic E-state index is 0.0672. The Balaban J connectivity index is 2.13. The molecule has 0 aliphatic carbocycles. The van der Waals surface area contributed by atoms with Crippen molar-refractivity contribution in [1.82, 2.24) is 5.32 Å². The number of benzene rings is 1. The van der Waals surface area contributed by atoms with Crippen LogP contribution < -0.4 is 5.32 Å². The first-order valence-corrected chi connectivity index (χ1v) is 6.56. The minimum atomic E-state index is -0.498. The molecule has 1 heterocycles. The smallest absolute Gasteiger partial charge is 0.408 e. The summed E-state index contributed by atoms with van der Waals surface area (Å²) < 4.78 is 11.0. The topological polar surface area (TPSA) is 47.6 Å². The Hall–Kier alpha value is -1.55. The molecule has 0 saturated carbocycles. The molecule has 104 valence electrons. The number of ether oxygens (including phenoxy) is 2. The van der Waals surface area contributed by atoms with Gasteiger partial charge < -0.3 is 14.8 Å². The van der Waals surface area contributed by atoms with Crippen LogP contribution in [0.3, 0.4) is 0 Å². The number of hydrogen-bond donors (Lipinski definition) is 1. The summed E-state index contributed by atoms with van der Waals surface area (Å²) in [6.07, 6.45) is -0.480. The van der Waals surface area contributed by atoms with Crippen LogP contribution in [0.2, 0.25) is 0 Å². The number of alkyl carbamates (subject to hydrolysis) is 1. The summed E-state index contributed by atoms with van der Waals surface area (Å²) >= 11 is 0. The molecule has 1 aliphatic rings. The summed E-state index contributed by atoms with van der Waals surface area (Å²) in [4.78, 5) is 11.9. The van der Waals surface area contributed by atoms with Gasteiger partial charge in [0.15, 0.2) is 0 Å². The summed E-state index contributed by atoms with van der Waals surface area (Å²) in [7, 11) is 0. The Kier molecular flexibility index (Phi) is 3.80. The summed E-state index contributed by atoms with van der Waals surface area (Å²) in [6.45, 7) is 8.09. The Morgan fingerprint density at radius 2 is 2.05 bits per heavy atom. The second-order valence-corrected chi connectivity index (χ2v) is 5.84. The van der Waals surface area contributed by atoms with E-state index in [0.29, 0.717) is 6.61 Å². The van der Waals surface area contributed by atoms with Gasteiger partial charge in [-0.1, -0.05) is 24.3 Å². The van der Waals surface area contributed by atoms with Gasteiger partial charge in [-0.25, -0.2) is 4.79 Å². The molecule has 1 N–H and O–H groups in total. The fraction of sp³-hybridized carbons (Fsp3) is 0.533. The lowest BCUT2D eigenvalue weighted by molar-refractivity contribution is 0.00255. The van der Waals surface area contributed by atoms with Gasteiger partial charge in [-0.15, -0.1) is 0 Å². The average Bonchev–Trinajstić information content (AvgIpc) is 2.31. The van der Waals surface area contributed by atoms with Crippen LogP contribution in [0.15, 0.2) is 24.3 Å². The predicted molar refractivity (Wildman–Crippen MR) is 72.8 cm³/mol. The van der Waals surface area contributed by atoms with E-state index in [1.54, 1.807) is 0 Å². The summed E-state index contributed by atoms with van der Waals surface area (Å²) in [5, 5.41) is 2.90. The number of hydrogen-bond acceptors (Lipinski definition) is 3. The van der Waals surface area contributed by atoms with Crippen molar-refractivity contribution in [3.63, 3.8) is 0 Å². The van der Waals surface area contributed by atoms with E-state index in [9.17, 15) is 4.79 Å². The van der Waals surface area contributed by atoms with E-state index in [2.05, 4.69) is 5.32 Å². The lowest BCUT2D eigenvalue weighted by atomic mass is 9.95. The zero-order valence-electron chi connectivity index (χ0n) is 11.9. The lowest BCUT2D eigenvalue weighted by Gasteiger charge is -2.32. The van der Waals surface area contributed by atoms with Crippen molar-refractivity contribution in [3.05, 3.63) is 35.4 Å². The van der Waals surface area contributed by atoms with E-state index in [1.807, 2.05) is 52.0 Å². The fourth-order valence-corrected chi connectivity index (χ4v) is 2.17. The van der Waals surface area contributed by atoms with Crippen molar-refractivity contribution in [3.8, 4) is 0 Å². The molecule has 4 heteroatoms. The molecule has 0 fully saturated rings. The van der Waals surface area contributed by atoms with Crippen LogP contribution in [0.1, 0.15) is 44.9 Å². The van der Waals surface area contributed by atoms with Gasteiger partial charge in [0.2, 0.25) is 0 Å². The van der Waals surface area contributed by atoms with Crippen LogP contribution in [0.25, 0.3) is 0 Å². The third-order valence-corrected chi connectivity index (χ3v) is 3.03. The zero-order chi connectivity index (χ0) is 14.0. The van der Waals surface area contributed by atoms with Crippen LogP contribution in [-0.2, 0) is 16.1 Å². The first kappa shape index (κ1) is 13.9. The first-order chi connectivity index (χ1) is 8.87. The van der Waals surface area contributed by atoms with Gasteiger partial charge in [0, 0.05) is 0 Å². The van der Waals surface area contributed by atoms with Crippen molar-refractivity contribution in [2.75, 3.05) is 0 Å². The molecule has 2 atom stereocenters. The normalized spacial score (nSPS) is 22.5. The van der Waals surface area contributed by atoms with E-state index in [1.165, 1.54) is 0 Å². The average molecular weight is 263 g/mol. The van der Waals surface area contributed by atoms with Crippen LogP contribution in [0, 0.1) is 0 Å². The summed E-state index contributed by atoms with van der Waals surface area (Å²) in [5.74, 6) is 0. The van der Waals surface area contributed by atoms with Gasteiger partial charge in [0.05, 0.1) is 18.8 Å². The van der Waals surface area contributed by atoms with Crippen molar-refractivity contribution in [2.24, 2.45) is 0 Å². The molecule has 0 aromatic heterocycles. The number of amides is 1. The van der Waals surface area contributed by atoms with Crippen molar-refractivity contribution in [1.29, 1.82) is 0 Å². The maximum absolute atomic E-state index is 11.9. The third-order valence-electron chi connectivity index (χ3n) is 3.03. The van der Waals surface area contributed by atoms with Gasteiger partial charge >= 0.3 is 6.09 Å². The van der Waals surface area contributed by atoms with Crippen molar-refractivity contribution >= 4 is 6.09 Å². The highest BCUT2D eigenvalue weighted by molar-refractivity contribution is 5.68. The van der Waals surface area contributed by atoms with Gasteiger partial charge in [-0.05, 0) is 38.8 Å². The zero-order valence-corrected chi connectivity index (χ0v) is 11.9. The molecule has 1 aliphatic heterocycles. The Morgan fingerprint density at radius 3 is 2.74 bits per heavy atom. The fourth-order valence-electron chi connectivity index (χ4n) is 2.17. The van der Waals surface area contributed by atoms with E-state index in [4.69, 9.17) is 9.47 Å². The highest BCUT2D eigenvalue weighted by Gasteiger charge is 2.29. The van der Waals surface area contributed by atoms with Crippen LogP contribution in [0.4, 0.5) is 4.79 Å².